The Morgan fingerprint density at radius 3 is 2.85 bits per heavy atom. The zero-order valence-electron chi connectivity index (χ0n) is 22.4. The van der Waals surface area contributed by atoms with Crippen LogP contribution in [0.3, 0.4) is 0 Å². The van der Waals surface area contributed by atoms with Crippen molar-refractivity contribution in [3.63, 3.8) is 0 Å². The molecule has 13 nitrogen and oxygen atoms in total. The van der Waals surface area contributed by atoms with Crippen LogP contribution in [-0.4, -0.2) is 64.8 Å². The Labute approximate surface area is 231 Å². The molecule has 0 bridgehead atoms. The van der Waals surface area contributed by atoms with Gasteiger partial charge in [0.1, 0.15) is 24.4 Å². The topological polar surface area (TPSA) is 162 Å². The second-order valence-corrected chi connectivity index (χ2v) is 11.5. The highest BCUT2D eigenvalue weighted by Crippen LogP contribution is 2.57. The van der Waals surface area contributed by atoms with Crippen molar-refractivity contribution < 1.29 is 32.6 Å². The molecule has 3 aromatic rings. The van der Waals surface area contributed by atoms with E-state index in [2.05, 4.69) is 20.0 Å². The largest absolute Gasteiger partial charge is 0.468 e. The molecule has 5 rings (SSSR count). The molecule has 3 heterocycles. The van der Waals surface area contributed by atoms with Crippen molar-refractivity contribution >= 4 is 36.9 Å². The number of methoxy groups -OCH3 is 1. The summed E-state index contributed by atoms with van der Waals surface area (Å²) >= 11 is 0. The monoisotopic (exact) mass is 572 g/mol. The molecule has 3 N–H and O–H groups in total. The summed E-state index contributed by atoms with van der Waals surface area (Å²) in [4.78, 5) is 24.7. The highest BCUT2D eigenvalue weighted by molar-refractivity contribution is 7.52. The van der Waals surface area contributed by atoms with E-state index in [0.29, 0.717) is 29.9 Å². The summed E-state index contributed by atoms with van der Waals surface area (Å²) in [6.07, 6.45) is 7.98. The van der Waals surface area contributed by atoms with Gasteiger partial charge in [0.05, 0.1) is 20.3 Å². The molecule has 40 heavy (non-hydrogen) atoms. The van der Waals surface area contributed by atoms with E-state index in [1.54, 1.807) is 35.2 Å². The minimum Gasteiger partial charge on any atom is -0.468 e. The van der Waals surface area contributed by atoms with E-state index in [9.17, 15) is 9.36 Å². The van der Waals surface area contributed by atoms with Crippen LogP contribution in [0.15, 0.2) is 48.6 Å². The predicted molar refractivity (Wildman–Crippen MR) is 146 cm³/mol. The second-order valence-electron chi connectivity index (χ2n) is 9.85. The lowest BCUT2D eigenvalue weighted by molar-refractivity contribution is -0.171. The normalized spacial score (nSPS) is 23.9. The summed E-state index contributed by atoms with van der Waals surface area (Å²) in [5, 5.41) is 2.69. The van der Waals surface area contributed by atoms with Gasteiger partial charge in [0.15, 0.2) is 23.3 Å². The maximum atomic E-state index is 13.9. The molecule has 1 aliphatic heterocycles. The van der Waals surface area contributed by atoms with Gasteiger partial charge >= 0.3 is 13.7 Å². The summed E-state index contributed by atoms with van der Waals surface area (Å²) in [7, 11) is -2.79. The first-order valence-corrected chi connectivity index (χ1v) is 14.6. The Morgan fingerprint density at radius 1 is 1.27 bits per heavy atom. The van der Waals surface area contributed by atoms with Crippen molar-refractivity contribution in [2.24, 2.45) is 5.41 Å². The smallest absolute Gasteiger partial charge is 0.459 e. The average Bonchev–Trinajstić information content (AvgIpc) is 3.49. The number of nitrogen functional groups attached to an aromatic ring is 1. The van der Waals surface area contributed by atoms with Crippen LogP contribution in [-0.2, 0) is 28.1 Å². The molecule has 1 saturated heterocycles. The standard InChI is InChI=1S/C26H33N6O7P/c1-18(25(33)35-2)31-40(34,39-20-8-4-3-5-9-20)38-15-26(14-37-21-10-6-7-11-36-21)12-19(26)13-32-17-30-22-23(27)28-16-29-24(22)32/h3-5,8-9,13,16-18,21H,6-7,10-12,14-15H2,1-2H3,(H,31,34)(H2,27,28,29)/b19-13+/t18-,21?,26?,40?/m0/s1. The first kappa shape index (κ1) is 28.2. The number of ether oxygens (including phenoxy) is 3. The van der Waals surface area contributed by atoms with Crippen molar-refractivity contribution in [3.05, 3.63) is 48.6 Å². The number of nitrogens with two attached hydrogens (primary N) is 1. The molecule has 0 radical (unpaired) electrons. The van der Waals surface area contributed by atoms with E-state index in [1.165, 1.54) is 20.4 Å². The number of hydrogen-bond donors (Lipinski definition) is 2. The number of benzene rings is 1. The van der Waals surface area contributed by atoms with Gasteiger partial charge < -0.3 is 24.5 Å². The van der Waals surface area contributed by atoms with Gasteiger partial charge in [-0.2, -0.15) is 5.09 Å². The fourth-order valence-corrected chi connectivity index (χ4v) is 6.02. The molecular formula is C26H33N6O7P. The van der Waals surface area contributed by atoms with Gasteiger partial charge in [0.2, 0.25) is 0 Å². The van der Waals surface area contributed by atoms with Gasteiger partial charge in [-0.15, -0.1) is 0 Å². The van der Waals surface area contributed by atoms with E-state index >= 15 is 0 Å². The van der Waals surface area contributed by atoms with Crippen LogP contribution in [0.4, 0.5) is 5.82 Å². The molecule has 2 fully saturated rings. The third kappa shape index (κ3) is 6.51. The number of fused-ring (bicyclic) bond motifs is 1. The van der Waals surface area contributed by atoms with Crippen molar-refractivity contribution in [2.75, 3.05) is 32.7 Å². The molecule has 214 valence electrons. The minimum atomic E-state index is -4.04. The molecule has 14 heteroatoms. The van der Waals surface area contributed by atoms with Gasteiger partial charge in [-0.05, 0) is 50.3 Å². The zero-order chi connectivity index (χ0) is 28.2. The van der Waals surface area contributed by atoms with Crippen molar-refractivity contribution in [2.45, 2.75) is 44.9 Å². The highest BCUT2D eigenvalue weighted by Gasteiger charge is 2.52. The molecule has 3 unspecified atom stereocenters. The lowest BCUT2D eigenvalue weighted by atomic mass is 10.1. The molecule has 4 atom stereocenters. The molecule has 1 aromatic carbocycles. The van der Waals surface area contributed by atoms with E-state index in [0.717, 1.165) is 24.8 Å². The molecule has 1 aliphatic carbocycles. The third-order valence-corrected chi connectivity index (χ3v) is 8.46. The third-order valence-electron chi connectivity index (χ3n) is 6.84. The molecular weight excluding hydrogens is 539 g/mol. The van der Waals surface area contributed by atoms with E-state index < -0.39 is 25.2 Å². The van der Waals surface area contributed by atoms with Crippen LogP contribution in [0.2, 0.25) is 0 Å². The van der Waals surface area contributed by atoms with Crippen LogP contribution in [0.1, 0.15) is 32.6 Å². The van der Waals surface area contributed by atoms with E-state index in [1.807, 2.05) is 12.3 Å². The van der Waals surface area contributed by atoms with Crippen molar-refractivity contribution in [1.82, 2.24) is 24.6 Å². The quantitative estimate of drug-likeness (QED) is 0.240. The second kappa shape index (κ2) is 12.0. The van der Waals surface area contributed by atoms with Crippen LogP contribution >= 0.6 is 7.75 Å². The number of nitrogens with zero attached hydrogens (tertiary/aromatic N) is 4. The van der Waals surface area contributed by atoms with Crippen molar-refractivity contribution in [1.29, 1.82) is 0 Å². The average molecular weight is 573 g/mol. The molecule has 2 aromatic heterocycles. The summed E-state index contributed by atoms with van der Waals surface area (Å²) < 4.78 is 44.2. The van der Waals surface area contributed by atoms with Gasteiger partial charge in [-0.1, -0.05) is 18.2 Å². The van der Waals surface area contributed by atoms with E-state index in [-0.39, 0.29) is 25.3 Å². The number of rotatable bonds is 12. The zero-order valence-corrected chi connectivity index (χ0v) is 23.3. The Bertz CT molecular complexity index is 1410. The molecule has 2 aliphatic rings. The fraction of sp³-hybridized carbons (Fsp3) is 0.462. The van der Waals surface area contributed by atoms with Crippen molar-refractivity contribution in [3.8, 4) is 5.75 Å². The molecule has 0 amide bonds. The maximum absolute atomic E-state index is 13.9. The lowest BCUT2D eigenvalue weighted by Gasteiger charge is -2.27. The minimum absolute atomic E-state index is 0.0136. The number of para-hydroxylation sites is 1. The number of esters is 1. The van der Waals surface area contributed by atoms with Crippen LogP contribution in [0.5, 0.6) is 5.75 Å². The Kier molecular flexibility index (Phi) is 8.48. The summed E-state index contributed by atoms with van der Waals surface area (Å²) in [6, 6.07) is 7.66. The lowest BCUT2D eigenvalue weighted by Crippen LogP contribution is -2.35. The number of anilines is 1. The summed E-state index contributed by atoms with van der Waals surface area (Å²) in [5.41, 5.74) is 7.34. The Balaban J connectivity index is 1.39. The highest BCUT2D eigenvalue weighted by atomic mass is 31.2. The summed E-state index contributed by atoms with van der Waals surface area (Å²) in [6.45, 7) is 2.43. The van der Waals surface area contributed by atoms with Crippen LogP contribution < -0.4 is 15.3 Å². The predicted octanol–water partition coefficient (Wildman–Crippen LogP) is 3.54. The van der Waals surface area contributed by atoms with Crippen LogP contribution in [0, 0.1) is 5.41 Å². The number of nitrogens with one attached hydrogen (secondary N) is 1. The van der Waals surface area contributed by atoms with Gasteiger partial charge in [-0.3, -0.25) is 13.9 Å². The number of aromatic nitrogens is 4. The van der Waals surface area contributed by atoms with Gasteiger partial charge in [0, 0.05) is 18.2 Å². The van der Waals surface area contributed by atoms with Gasteiger partial charge in [0.25, 0.3) is 0 Å². The number of carbonyl (C=O) groups excluding carboxylic acids is 1. The summed E-state index contributed by atoms with van der Waals surface area (Å²) in [5.74, 6) is 0.00776. The Hall–Kier alpha value is -3.35. The first-order valence-electron chi connectivity index (χ1n) is 13.0. The number of imidazole rings is 1. The van der Waals surface area contributed by atoms with E-state index in [4.69, 9.17) is 29.0 Å². The molecule has 0 spiro atoms. The van der Waals surface area contributed by atoms with Crippen LogP contribution in [0.25, 0.3) is 17.4 Å². The van der Waals surface area contributed by atoms with Gasteiger partial charge in [-0.25, -0.2) is 19.5 Å². The SMILES string of the molecule is COC(=O)[C@H](C)NP(=O)(OCC1(COC2CCCCO2)C/C1=C\n1cnc2c(N)ncnc21)Oc1ccccc1. The Morgan fingerprint density at radius 2 is 2.10 bits per heavy atom. The fourth-order valence-electron chi connectivity index (χ4n) is 4.44. The maximum Gasteiger partial charge on any atom is 0.459 e. The number of hydrogen-bond acceptors (Lipinski definition) is 11. The number of carbonyl (C=O) groups is 1. The molecule has 1 saturated carbocycles. The first-order chi connectivity index (χ1) is 19.3.